The topological polar surface area (TPSA) is 38.3 Å². The molecule has 0 bridgehead atoms. The highest BCUT2D eigenvalue weighted by atomic mass is 79.9. The van der Waals surface area contributed by atoms with Gasteiger partial charge in [0.15, 0.2) is 0 Å². The van der Waals surface area contributed by atoms with Crippen LogP contribution < -0.4 is 10.1 Å². The van der Waals surface area contributed by atoms with Gasteiger partial charge in [-0.1, -0.05) is 28.1 Å². The first-order valence-corrected chi connectivity index (χ1v) is 5.78. The number of hydrogen-bond acceptors (Lipinski definition) is 2. The molecule has 0 aliphatic heterocycles. The number of ether oxygens (including phenoxy) is 1. The van der Waals surface area contributed by atoms with E-state index >= 15 is 0 Å². The van der Waals surface area contributed by atoms with Gasteiger partial charge in [0.05, 0.1) is 18.5 Å². The van der Waals surface area contributed by atoms with Crippen molar-refractivity contribution in [1.29, 1.82) is 0 Å². The second kappa shape index (κ2) is 5.75. The van der Waals surface area contributed by atoms with Gasteiger partial charge in [-0.3, -0.25) is 4.79 Å². The third-order valence-electron chi connectivity index (χ3n) is 2.09. The molecule has 0 fully saturated rings. The number of rotatable bonds is 4. The van der Waals surface area contributed by atoms with E-state index in [9.17, 15) is 4.79 Å². The minimum Gasteiger partial charge on any atom is -0.497 e. The Kier molecular flexibility index (Phi) is 4.62. The molecule has 0 aromatic heterocycles. The summed E-state index contributed by atoms with van der Waals surface area (Å²) in [7, 11) is 1.63. The lowest BCUT2D eigenvalue weighted by Gasteiger charge is -2.14. The maximum atomic E-state index is 11.2. The van der Waals surface area contributed by atoms with Crippen molar-refractivity contribution in [2.75, 3.05) is 12.4 Å². The Morgan fingerprint density at radius 3 is 2.93 bits per heavy atom. The summed E-state index contributed by atoms with van der Waals surface area (Å²) in [6, 6.07) is 7.65. The van der Waals surface area contributed by atoms with Gasteiger partial charge in [-0.25, -0.2) is 0 Å². The van der Waals surface area contributed by atoms with Crippen molar-refractivity contribution in [3.63, 3.8) is 0 Å². The lowest BCUT2D eigenvalue weighted by Crippen LogP contribution is -2.27. The van der Waals surface area contributed by atoms with Crippen molar-refractivity contribution in [3.8, 4) is 5.75 Å². The second-order valence-electron chi connectivity index (χ2n) is 3.20. The third-order valence-corrected chi connectivity index (χ3v) is 2.60. The monoisotopic (exact) mass is 271 g/mol. The summed E-state index contributed by atoms with van der Waals surface area (Å²) in [5.74, 6) is 0.776. The van der Waals surface area contributed by atoms with Gasteiger partial charge in [0.1, 0.15) is 5.75 Å². The summed E-state index contributed by atoms with van der Waals surface area (Å²) >= 11 is 3.11. The molecule has 0 spiro atoms. The van der Waals surface area contributed by atoms with E-state index in [4.69, 9.17) is 4.74 Å². The van der Waals surface area contributed by atoms with Gasteiger partial charge in [-0.2, -0.15) is 0 Å². The van der Waals surface area contributed by atoms with Crippen molar-refractivity contribution >= 4 is 21.8 Å². The minimum absolute atomic E-state index is 0.00912. The number of benzene rings is 1. The van der Waals surface area contributed by atoms with Crippen LogP contribution in [0.5, 0.6) is 5.75 Å². The fraction of sp³-hybridized carbons (Fsp3) is 0.364. The highest BCUT2D eigenvalue weighted by Crippen LogP contribution is 2.18. The first kappa shape index (κ1) is 12.0. The van der Waals surface area contributed by atoms with Crippen LogP contribution in [-0.4, -0.2) is 18.3 Å². The molecule has 0 aliphatic carbocycles. The van der Waals surface area contributed by atoms with Crippen LogP contribution in [-0.2, 0) is 4.79 Å². The lowest BCUT2D eigenvalue weighted by molar-refractivity contribution is -0.119. The van der Waals surface area contributed by atoms with Crippen LogP contribution in [0.25, 0.3) is 0 Å². The molecule has 3 nitrogen and oxygen atoms in total. The van der Waals surface area contributed by atoms with Crippen LogP contribution in [0.4, 0.5) is 0 Å². The SMILES string of the molecule is COc1cccc(C(C)NC(=O)CBr)c1. The number of carbonyl (C=O) groups excluding carboxylic acids is 1. The maximum Gasteiger partial charge on any atom is 0.231 e. The van der Waals surface area contributed by atoms with Crippen molar-refractivity contribution in [2.24, 2.45) is 0 Å². The van der Waals surface area contributed by atoms with Crippen LogP contribution in [0.1, 0.15) is 18.5 Å². The molecule has 1 N–H and O–H groups in total. The standard InChI is InChI=1S/C11H14BrNO2/c1-8(13-11(14)7-12)9-4-3-5-10(6-9)15-2/h3-6,8H,7H2,1-2H3,(H,13,14). The Labute approximate surface area is 97.9 Å². The summed E-state index contributed by atoms with van der Waals surface area (Å²) in [4.78, 5) is 11.2. The summed E-state index contributed by atoms with van der Waals surface area (Å²) in [6.07, 6.45) is 0. The van der Waals surface area contributed by atoms with E-state index in [0.29, 0.717) is 5.33 Å². The quantitative estimate of drug-likeness (QED) is 0.854. The number of halogens is 1. The number of carbonyl (C=O) groups is 1. The molecule has 1 amide bonds. The largest absolute Gasteiger partial charge is 0.497 e. The van der Waals surface area contributed by atoms with Gasteiger partial charge in [0.25, 0.3) is 0 Å². The highest BCUT2D eigenvalue weighted by molar-refractivity contribution is 9.09. The smallest absolute Gasteiger partial charge is 0.231 e. The number of methoxy groups -OCH3 is 1. The summed E-state index contributed by atoms with van der Waals surface area (Å²) in [5, 5.41) is 3.18. The summed E-state index contributed by atoms with van der Waals surface area (Å²) < 4.78 is 5.11. The van der Waals surface area contributed by atoms with Crippen LogP contribution in [0.3, 0.4) is 0 Å². The molecule has 1 aromatic carbocycles. The van der Waals surface area contributed by atoms with E-state index in [-0.39, 0.29) is 11.9 Å². The van der Waals surface area contributed by atoms with E-state index in [0.717, 1.165) is 11.3 Å². The Bertz CT molecular complexity index is 341. The molecule has 0 saturated heterocycles. The fourth-order valence-electron chi connectivity index (χ4n) is 1.27. The summed E-state index contributed by atoms with van der Waals surface area (Å²) in [6.45, 7) is 1.94. The number of alkyl halides is 1. The van der Waals surface area contributed by atoms with E-state index in [2.05, 4.69) is 21.2 Å². The zero-order valence-corrected chi connectivity index (χ0v) is 10.4. The molecule has 0 heterocycles. The maximum absolute atomic E-state index is 11.2. The van der Waals surface area contributed by atoms with Gasteiger partial charge in [0, 0.05) is 0 Å². The van der Waals surface area contributed by atoms with Gasteiger partial charge >= 0.3 is 0 Å². The molecular formula is C11H14BrNO2. The molecule has 1 aromatic rings. The Hall–Kier alpha value is -1.03. The van der Waals surface area contributed by atoms with Crippen LogP contribution in [0.15, 0.2) is 24.3 Å². The van der Waals surface area contributed by atoms with E-state index < -0.39 is 0 Å². The predicted octanol–water partition coefficient (Wildman–Crippen LogP) is 2.27. The molecule has 1 unspecified atom stereocenters. The average molecular weight is 272 g/mol. The van der Waals surface area contributed by atoms with Crippen LogP contribution in [0, 0.1) is 0 Å². The lowest BCUT2D eigenvalue weighted by atomic mass is 10.1. The number of amides is 1. The molecule has 15 heavy (non-hydrogen) atoms. The fourth-order valence-corrected chi connectivity index (χ4v) is 1.44. The normalized spacial score (nSPS) is 11.9. The first-order chi connectivity index (χ1) is 7.17. The van der Waals surface area contributed by atoms with Crippen LogP contribution in [0.2, 0.25) is 0 Å². The van der Waals surface area contributed by atoms with Crippen LogP contribution >= 0.6 is 15.9 Å². The molecule has 0 radical (unpaired) electrons. The Morgan fingerprint density at radius 1 is 1.60 bits per heavy atom. The van der Waals surface area contributed by atoms with E-state index in [1.165, 1.54) is 0 Å². The summed E-state index contributed by atoms with van der Waals surface area (Å²) in [5.41, 5.74) is 1.03. The zero-order valence-electron chi connectivity index (χ0n) is 8.79. The van der Waals surface area contributed by atoms with Crippen molar-refractivity contribution in [1.82, 2.24) is 5.32 Å². The zero-order chi connectivity index (χ0) is 11.3. The molecule has 4 heteroatoms. The second-order valence-corrected chi connectivity index (χ2v) is 3.76. The van der Waals surface area contributed by atoms with Gasteiger partial charge in [-0.15, -0.1) is 0 Å². The molecule has 82 valence electrons. The third kappa shape index (κ3) is 3.55. The first-order valence-electron chi connectivity index (χ1n) is 4.66. The molecule has 1 rings (SSSR count). The van der Waals surface area contributed by atoms with E-state index in [1.54, 1.807) is 7.11 Å². The molecule has 1 atom stereocenters. The Balaban J connectivity index is 2.72. The van der Waals surface area contributed by atoms with Gasteiger partial charge < -0.3 is 10.1 Å². The molecule has 0 aliphatic rings. The van der Waals surface area contributed by atoms with Crippen molar-refractivity contribution in [3.05, 3.63) is 29.8 Å². The van der Waals surface area contributed by atoms with Crippen molar-refractivity contribution < 1.29 is 9.53 Å². The van der Waals surface area contributed by atoms with Gasteiger partial charge in [-0.05, 0) is 24.6 Å². The average Bonchev–Trinajstić information content (AvgIpc) is 2.28. The predicted molar refractivity (Wildman–Crippen MR) is 63.3 cm³/mol. The van der Waals surface area contributed by atoms with Gasteiger partial charge in [0.2, 0.25) is 5.91 Å². The Morgan fingerprint density at radius 2 is 2.33 bits per heavy atom. The molecule has 0 saturated carbocycles. The molecular weight excluding hydrogens is 258 g/mol. The minimum atomic E-state index is -0.0229. The number of hydrogen-bond donors (Lipinski definition) is 1. The van der Waals surface area contributed by atoms with Crippen molar-refractivity contribution in [2.45, 2.75) is 13.0 Å². The number of nitrogens with one attached hydrogen (secondary N) is 1. The van der Waals surface area contributed by atoms with E-state index in [1.807, 2.05) is 31.2 Å². The highest BCUT2D eigenvalue weighted by Gasteiger charge is 2.08.